The van der Waals surface area contributed by atoms with Crippen LogP contribution in [0.3, 0.4) is 0 Å². The van der Waals surface area contributed by atoms with Crippen LogP contribution in [-0.2, 0) is 6.18 Å². The first-order valence-electron chi connectivity index (χ1n) is 7.18. The Labute approximate surface area is 155 Å². The summed E-state index contributed by atoms with van der Waals surface area (Å²) in [6.45, 7) is 3.66. The van der Waals surface area contributed by atoms with Crippen molar-refractivity contribution in [2.24, 2.45) is 0 Å². The van der Waals surface area contributed by atoms with Crippen molar-refractivity contribution >= 4 is 29.1 Å². The zero-order chi connectivity index (χ0) is 19.6. The normalized spacial score (nSPS) is 11.7. The van der Waals surface area contributed by atoms with Crippen molar-refractivity contribution < 1.29 is 27.2 Å². The zero-order valence-electron chi connectivity index (χ0n) is 13.4. The third-order valence-corrected chi connectivity index (χ3v) is 4.37. The molecule has 0 fully saturated rings. The predicted molar refractivity (Wildman–Crippen MR) is 90.6 cm³/mol. The summed E-state index contributed by atoms with van der Waals surface area (Å²) in [5, 5.41) is 10.5. The Bertz CT molecular complexity index is 820. The SMILES string of the molecule is CC(C)Sc1cc(Oc2c(F)cc(C(F)(F)F)cc2Cl)ccc1[N+](=O)[O-]. The number of nitro groups is 1. The molecule has 0 aliphatic heterocycles. The topological polar surface area (TPSA) is 52.4 Å². The summed E-state index contributed by atoms with van der Waals surface area (Å²) in [7, 11) is 0. The maximum atomic E-state index is 14.0. The first-order chi connectivity index (χ1) is 12.0. The van der Waals surface area contributed by atoms with Crippen LogP contribution in [-0.4, -0.2) is 10.2 Å². The van der Waals surface area contributed by atoms with Crippen LogP contribution in [0.5, 0.6) is 11.5 Å². The lowest BCUT2D eigenvalue weighted by atomic mass is 10.2. The highest BCUT2D eigenvalue weighted by molar-refractivity contribution is 8.00. The Hall–Kier alpha value is -2.00. The molecule has 0 radical (unpaired) electrons. The fourth-order valence-electron chi connectivity index (χ4n) is 2.00. The number of alkyl halides is 3. The smallest absolute Gasteiger partial charge is 0.416 e. The maximum Gasteiger partial charge on any atom is 0.416 e. The first-order valence-corrected chi connectivity index (χ1v) is 8.44. The molecule has 4 nitrogen and oxygen atoms in total. The number of hydrogen-bond donors (Lipinski definition) is 0. The van der Waals surface area contributed by atoms with Crippen LogP contribution in [0.15, 0.2) is 35.2 Å². The van der Waals surface area contributed by atoms with Gasteiger partial charge in [0.1, 0.15) is 5.75 Å². The summed E-state index contributed by atoms with van der Waals surface area (Å²) in [4.78, 5) is 10.8. The highest BCUT2D eigenvalue weighted by atomic mass is 35.5. The summed E-state index contributed by atoms with van der Waals surface area (Å²) in [6.07, 6.45) is -4.75. The van der Waals surface area contributed by atoms with Gasteiger partial charge < -0.3 is 4.74 Å². The molecule has 2 aromatic rings. The van der Waals surface area contributed by atoms with Crippen molar-refractivity contribution in [2.45, 2.75) is 30.2 Å². The van der Waals surface area contributed by atoms with Crippen LogP contribution >= 0.6 is 23.4 Å². The molecule has 0 unspecified atom stereocenters. The molecule has 0 saturated carbocycles. The van der Waals surface area contributed by atoms with Gasteiger partial charge in [-0.1, -0.05) is 25.4 Å². The van der Waals surface area contributed by atoms with Crippen molar-refractivity contribution in [2.75, 3.05) is 0 Å². The second-order valence-corrected chi connectivity index (χ2v) is 7.45. The highest BCUT2D eigenvalue weighted by Crippen LogP contribution is 2.40. The molecule has 0 heterocycles. The molecule has 0 atom stereocenters. The quantitative estimate of drug-likeness (QED) is 0.238. The largest absolute Gasteiger partial charge is 0.453 e. The van der Waals surface area contributed by atoms with Gasteiger partial charge in [0, 0.05) is 17.4 Å². The Morgan fingerprint density at radius 1 is 1.23 bits per heavy atom. The van der Waals surface area contributed by atoms with Crippen LogP contribution in [0.4, 0.5) is 23.2 Å². The average Bonchev–Trinajstić information content (AvgIpc) is 2.49. The van der Waals surface area contributed by atoms with E-state index in [2.05, 4.69) is 0 Å². The van der Waals surface area contributed by atoms with E-state index >= 15 is 0 Å². The lowest BCUT2D eigenvalue weighted by Crippen LogP contribution is -2.06. The van der Waals surface area contributed by atoms with Crippen molar-refractivity contribution in [3.63, 3.8) is 0 Å². The van der Waals surface area contributed by atoms with Gasteiger partial charge in [0.05, 0.1) is 20.4 Å². The van der Waals surface area contributed by atoms with Gasteiger partial charge in [-0.3, -0.25) is 10.1 Å². The van der Waals surface area contributed by atoms with E-state index in [0.717, 1.165) is 0 Å². The molecule has 0 aliphatic carbocycles. The molecule has 0 saturated heterocycles. The molecular formula is C16H12ClF4NO3S. The molecule has 0 bridgehead atoms. The van der Waals surface area contributed by atoms with E-state index < -0.39 is 33.3 Å². The molecule has 10 heteroatoms. The van der Waals surface area contributed by atoms with E-state index in [0.29, 0.717) is 6.07 Å². The Kier molecular flexibility index (Phi) is 6.02. The predicted octanol–water partition coefficient (Wildman–Crippen LogP) is 6.70. The summed E-state index contributed by atoms with van der Waals surface area (Å²) in [6, 6.07) is 4.54. The molecule has 0 aromatic heterocycles. The lowest BCUT2D eigenvalue weighted by molar-refractivity contribution is -0.387. The number of benzene rings is 2. The van der Waals surface area contributed by atoms with Gasteiger partial charge in [-0.25, -0.2) is 4.39 Å². The van der Waals surface area contributed by atoms with Crippen LogP contribution in [0.1, 0.15) is 19.4 Å². The number of rotatable bonds is 5. The van der Waals surface area contributed by atoms with Crippen LogP contribution in [0.2, 0.25) is 5.02 Å². The van der Waals surface area contributed by atoms with Crippen LogP contribution in [0, 0.1) is 15.9 Å². The molecule has 2 aromatic carbocycles. The standard InChI is InChI=1S/C16H12ClF4NO3S/c1-8(2)26-14-7-10(3-4-13(14)22(23)24)25-15-11(17)5-9(6-12(15)18)16(19,20)21/h3-8H,1-2H3. The summed E-state index contributed by atoms with van der Waals surface area (Å²) >= 11 is 6.91. The minimum absolute atomic E-state index is 0.0132. The Morgan fingerprint density at radius 2 is 1.88 bits per heavy atom. The molecule has 0 aliphatic rings. The van der Waals surface area contributed by atoms with Gasteiger partial charge in [0.2, 0.25) is 0 Å². The second kappa shape index (κ2) is 7.71. The van der Waals surface area contributed by atoms with Crippen molar-refractivity contribution in [3.05, 3.63) is 56.8 Å². The van der Waals surface area contributed by atoms with E-state index in [4.69, 9.17) is 16.3 Å². The van der Waals surface area contributed by atoms with Crippen molar-refractivity contribution in [1.82, 2.24) is 0 Å². The Balaban J connectivity index is 2.41. The number of thioether (sulfide) groups is 1. The second-order valence-electron chi connectivity index (χ2n) is 5.42. The van der Waals surface area contributed by atoms with E-state index in [1.807, 2.05) is 13.8 Å². The molecule has 140 valence electrons. The first kappa shape index (κ1) is 20.3. The van der Waals surface area contributed by atoms with Gasteiger partial charge in [-0.15, -0.1) is 11.8 Å². The van der Waals surface area contributed by atoms with Crippen molar-refractivity contribution in [3.8, 4) is 11.5 Å². The summed E-state index contributed by atoms with van der Waals surface area (Å²) in [5.74, 6) is -1.87. The number of nitrogens with zero attached hydrogens (tertiary/aromatic N) is 1. The van der Waals surface area contributed by atoms with Gasteiger partial charge in [-0.05, 0) is 18.2 Å². The van der Waals surface area contributed by atoms with Crippen molar-refractivity contribution in [1.29, 1.82) is 0 Å². The van der Waals surface area contributed by atoms with Crippen LogP contribution < -0.4 is 4.74 Å². The fourth-order valence-corrected chi connectivity index (χ4v) is 3.20. The molecule has 0 amide bonds. The number of hydrogen-bond acceptors (Lipinski definition) is 4. The Morgan fingerprint density at radius 3 is 2.38 bits per heavy atom. The molecule has 0 N–H and O–H groups in total. The summed E-state index contributed by atoms with van der Waals surface area (Å²) < 4.78 is 57.3. The van der Waals surface area contributed by atoms with E-state index in [-0.39, 0.29) is 27.6 Å². The van der Waals surface area contributed by atoms with Crippen LogP contribution in [0.25, 0.3) is 0 Å². The van der Waals surface area contributed by atoms with Gasteiger partial charge in [0.15, 0.2) is 11.6 Å². The minimum Gasteiger partial charge on any atom is -0.453 e. The molecule has 2 rings (SSSR count). The third kappa shape index (κ3) is 4.79. The number of nitro benzene ring substituents is 1. The molecule has 26 heavy (non-hydrogen) atoms. The van der Waals surface area contributed by atoms with E-state index in [1.54, 1.807) is 0 Å². The number of halogens is 5. The molecular weight excluding hydrogens is 398 g/mol. The lowest BCUT2D eigenvalue weighted by Gasteiger charge is -2.13. The zero-order valence-corrected chi connectivity index (χ0v) is 15.0. The minimum atomic E-state index is -4.75. The monoisotopic (exact) mass is 409 g/mol. The highest BCUT2D eigenvalue weighted by Gasteiger charge is 2.32. The molecule has 0 spiro atoms. The number of ether oxygens (including phenoxy) is 1. The summed E-state index contributed by atoms with van der Waals surface area (Å²) in [5.41, 5.74) is -1.40. The van der Waals surface area contributed by atoms with Gasteiger partial charge >= 0.3 is 6.18 Å². The average molecular weight is 410 g/mol. The van der Waals surface area contributed by atoms with E-state index in [9.17, 15) is 27.7 Å². The maximum absolute atomic E-state index is 14.0. The fraction of sp³-hybridized carbons (Fsp3) is 0.250. The van der Waals surface area contributed by atoms with Gasteiger partial charge in [0.25, 0.3) is 5.69 Å². The third-order valence-electron chi connectivity index (χ3n) is 3.04. The van der Waals surface area contributed by atoms with E-state index in [1.165, 1.54) is 30.0 Å². The van der Waals surface area contributed by atoms with Gasteiger partial charge in [-0.2, -0.15) is 13.2 Å².